The van der Waals surface area contributed by atoms with Crippen LogP contribution in [0.25, 0.3) is 0 Å². The molecule has 1 saturated heterocycles. The second-order valence-electron chi connectivity index (χ2n) is 5.31. The van der Waals surface area contributed by atoms with Crippen LogP contribution in [0.15, 0.2) is 24.3 Å². The van der Waals surface area contributed by atoms with Gasteiger partial charge in [0, 0.05) is 19.3 Å². The highest BCUT2D eigenvalue weighted by molar-refractivity contribution is 5.78. The summed E-state index contributed by atoms with van der Waals surface area (Å²) in [6, 6.07) is 8.65. The molecule has 4 heteroatoms. The largest absolute Gasteiger partial charge is 0.381 e. The number of rotatable bonds is 6. The van der Waals surface area contributed by atoms with E-state index in [-0.39, 0.29) is 11.9 Å². The molecule has 4 nitrogen and oxygen atoms in total. The number of nitrogens with one attached hydrogen (secondary N) is 2. The molecule has 110 valence electrons. The van der Waals surface area contributed by atoms with Gasteiger partial charge in [0.05, 0.1) is 6.54 Å². The summed E-state index contributed by atoms with van der Waals surface area (Å²) in [6.07, 6.45) is 2.81. The van der Waals surface area contributed by atoms with Gasteiger partial charge in [-0.1, -0.05) is 24.3 Å². The zero-order valence-corrected chi connectivity index (χ0v) is 12.2. The standard InChI is InChI=1S/C16H24N2O2/c1-13-4-2-3-5-14(13)6-9-17-12-16(19)18-15-7-10-20-11-8-15/h2-5,15,17H,6-12H2,1H3,(H,18,19). The lowest BCUT2D eigenvalue weighted by atomic mass is 10.1. The monoisotopic (exact) mass is 276 g/mol. The van der Waals surface area contributed by atoms with Gasteiger partial charge in [-0.2, -0.15) is 0 Å². The van der Waals surface area contributed by atoms with E-state index in [0.29, 0.717) is 6.54 Å². The fraction of sp³-hybridized carbons (Fsp3) is 0.562. The van der Waals surface area contributed by atoms with Gasteiger partial charge in [-0.15, -0.1) is 0 Å². The molecule has 1 aromatic carbocycles. The number of amides is 1. The predicted octanol–water partition coefficient (Wildman–Crippen LogP) is 1.42. The fourth-order valence-electron chi connectivity index (χ4n) is 2.44. The van der Waals surface area contributed by atoms with Crippen LogP contribution in [0, 0.1) is 6.92 Å². The molecule has 1 aromatic rings. The Morgan fingerprint density at radius 3 is 2.80 bits per heavy atom. The summed E-state index contributed by atoms with van der Waals surface area (Å²) in [5.41, 5.74) is 2.64. The summed E-state index contributed by atoms with van der Waals surface area (Å²) >= 11 is 0. The summed E-state index contributed by atoms with van der Waals surface area (Å²) in [7, 11) is 0. The van der Waals surface area contributed by atoms with Gasteiger partial charge in [0.2, 0.25) is 5.91 Å². The Balaban J connectivity index is 1.60. The van der Waals surface area contributed by atoms with Crippen LogP contribution in [0.2, 0.25) is 0 Å². The van der Waals surface area contributed by atoms with Crippen LogP contribution in [0.3, 0.4) is 0 Å². The highest BCUT2D eigenvalue weighted by Crippen LogP contribution is 2.07. The first-order valence-corrected chi connectivity index (χ1v) is 7.38. The van der Waals surface area contributed by atoms with E-state index in [9.17, 15) is 4.79 Å². The average molecular weight is 276 g/mol. The molecule has 0 radical (unpaired) electrons. The van der Waals surface area contributed by atoms with Gasteiger partial charge < -0.3 is 15.4 Å². The van der Waals surface area contributed by atoms with Crippen molar-refractivity contribution in [2.75, 3.05) is 26.3 Å². The molecule has 0 aliphatic carbocycles. The third kappa shape index (κ3) is 4.94. The van der Waals surface area contributed by atoms with Crippen LogP contribution in [0.5, 0.6) is 0 Å². The van der Waals surface area contributed by atoms with Crippen molar-refractivity contribution in [2.24, 2.45) is 0 Å². The zero-order valence-electron chi connectivity index (χ0n) is 12.2. The molecule has 0 atom stereocenters. The van der Waals surface area contributed by atoms with Crippen molar-refractivity contribution < 1.29 is 9.53 Å². The van der Waals surface area contributed by atoms with Crippen molar-refractivity contribution in [3.05, 3.63) is 35.4 Å². The number of hydrogen-bond donors (Lipinski definition) is 2. The minimum absolute atomic E-state index is 0.0849. The van der Waals surface area contributed by atoms with E-state index in [2.05, 4.69) is 35.8 Å². The zero-order chi connectivity index (χ0) is 14.2. The van der Waals surface area contributed by atoms with Crippen LogP contribution in [-0.4, -0.2) is 38.3 Å². The molecule has 1 aliphatic heterocycles. The van der Waals surface area contributed by atoms with Crippen molar-refractivity contribution in [2.45, 2.75) is 32.2 Å². The maximum Gasteiger partial charge on any atom is 0.234 e. The summed E-state index contributed by atoms with van der Waals surface area (Å²) in [4.78, 5) is 11.8. The Labute approximate surface area is 120 Å². The lowest BCUT2D eigenvalue weighted by Crippen LogP contribution is -2.43. The Kier molecular flexibility index (Phi) is 6.02. The van der Waals surface area contributed by atoms with Crippen molar-refractivity contribution in [3.63, 3.8) is 0 Å². The van der Waals surface area contributed by atoms with E-state index in [1.165, 1.54) is 11.1 Å². The molecule has 2 rings (SSSR count). The molecule has 1 heterocycles. The number of hydrogen-bond acceptors (Lipinski definition) is 3. The highest BCUT2D eigenvalue weighted by atomic mass is 16.5. The van der Waals surface area contributed by atoms with Gasteiger partial charge in [0.1, 0.15) is 0 Å². The second kappa shape index (κ2) is 8.02. The lowest BCUT2D eigenvalue weighted by molar-refractivity contribution is -0.121. The van der Waals surface area contributed by atoms with Crippen LogP contribution in [0.1, 0.15) is 24.0 Å². The van der Waals surface area contributed by atoms with Crippen molar-refractivity contribution in [1.82, 2.24) is 10.6 Å². The summed E-state index contributed by atoms with van der Waals surface area (Å²) < 4.78 is 5.27. The normalized spacial score (nSPS) is 16.1. The lowest BCUT2D eigenvalue weighted by Gasteiger charge is -2.23. The Bertz CT molecular complexity index is 428. The first-order chi connectivity index (χ1) is 9.75. The molecule has 0 spiro atoms. The third-order valence-electron chi connectivity index (χ3n) is 3.70. The predicted molar refractivity (Wildman–Crippen MR) is 79.7 cm³/mol. The van der Waals surface area contributed by atoms with Crippen molar-refractivity contribution >= 4 is 5.91 Å². The topological polar surface area (TPSA) is 50.4 Å². The fourth-order valence-corrected chi connectivity index (χ4v) is 2.44. The van der Waals surface area contributed by atoms with Crippen LogP contribution < -0.4 is 10.6 Å². The van der Waals surface area contributed by atoms with Gasteiger partial charge in [0.25, 0.3) is 0 Å². The summed E-state index contributed by atoms with van der Waals surface area (Å²) in [5.74, 6) is 0.0849. The van der Waals surface area contributed by atoms with E-state index >= 15 is 0 Å². The van der Waals surface area contributed by atoms with E-state index in [0.717, 1.165) is 39.0 Å². The number of benzene rings is 1. The molecule has 0 aromatic heterocycles. The minimum Gasteiger partial charge on any atom is -0.381 e. The van der Waals surface area contributed by atoms with Gasteiger partial charge in [-0.25, -0.2) is 0 Å². The first kappa shape index (κ1) is 15.0. The molecule has 0 unspecified atom stereocenters. The number of ether oxygens (including phenoxy) is 1. The molecule has 0 saturated carbocycles. The molecule has 1 amide bonds. The molecular formula is C16H24N2O2. The van der Waals surface area contributed by atoms with Crippen LogP contribution in [-0.2, 0) is 16.0 Å². The van der Waals surface area contributed by atoms with Crippen molar-refractivity contribution in [1.29, 1.82) is 0 Å². The molecule has 2 N–H and O–H groups in total. The second-order valence-corrected chi connectivity index (χ2v) is 5.31. The number of carbonyl (C=O) groups excluding carboxylic acids is 1. The van der Waals surface area contributed by atoms with Gasteiger partial charge >= 0.3 is 0 Å². The van der Waals surface area contributed by atoms with Gasteiger partial charge in [0.15, 0.2) is 0 Å². The van der Waals surface area contributed by atoms with E-state index in [1.807, 2.05) is 6.07 Å². The molecule has 1 fully saturated rings. The van der Waals surface area contributed by atoms with E-state index < -0.39 is 0 Å². The summed E-state index contributed by atoms with van der Waals surface area (Å²) in [6.45, 7) is 4.85. The van der Waals surface area contributed by atoms with Crippen molar-refractivity contribution in [3.8, 4) is 0 Å². The number of carbonyl (C=O) groups is 1. The Morgan fingerprint density at radius 1 is 1.30 bits per heavy atom. The van der Waals surface area contributed by atoms with Crippen LogP contribution in [0.4, 0.5) is 0 Å². The maximum absolute atomic E-state index is 11.8. The smallest absolute Gasteiger partial charge is 0.234 e. The van der Waals surface area contributed by atoms with Gasteiger partial charge in [-0.05, 0) is 43.9 Å². The Hall–Kier alpha value is -1.39. The molecule has 20 heavy (non-hydrogen) atoms. The first-order valence-electron chi connectivity index (χ1n) is 7.38. The number of aryl methyl sites for hydroxylation is 1. The van der Waals surface area contributed by atoms with E-state index in [4.69, 9.17) is 4.74 Å². The van der Waals surface area contributed by atoms with Gasteiger partial charge in [-0.3, -0.25) is 4.79 Å². The average Bonchev–Trinajstić information content (AvgIpc) is 2.46. The van der Waals surface area contributed by atoms with Crippen LogP contribution >= 0.6 is 0 Å². The SMILES string of the molecule is Cc1ccccc1CCNCC(=O)NC1CCOCC1. The molecular weight excluding hydrogens is 252 g/mol. The Morgan fingerprint density at radius 2 is 2.05 bits per heavy atom. The molecule has 0 bridgehead atoms. The quantitative estimate of drug-likeness (QED) is 0.773. The molecule has 1 aliphatic rings. The summed E-state index contributed by atoms with van der Waals surface area (Å²) in [5, 5.41) is 6.25. The minimum atomic E-state index is 0.0849. The highest BCUT2D eigenvalue weighted by Gasteiger charge is 2.15. The van der Waals surface area contributed by atoms with E-state index in [1.54, 1.807) is 0 Å². The maximum atomic E-state index is 11.8. The third-order valence-corrected chi connectivity index (χ3v) is 3.70.